The monoisotopic (exact) mass is 382 g/mol. The fourth-order valence-electron chi connectivity index (χ4n) is 1.38. The van der Waals surface area contributed by atoms with Crippen LogP contribution in [0.4, 0.5) is 0 Å². The smallest absolute Gasteiger partial charge is 0.0901 e. The maximum absolute atomic E-state index is 5.78. The summed E-state index contributed by atoms with van der Waals surface area (Å²) in [5.74, 6) is 0. The molecule has 0 saturated carbocycles. The van der Waals surface area contributed by atoms with Crippen molar-refractivity contribution >= 4 is 51.8 Å². The van der Waals surface area contributed by atoms with Gasteiger partial charge in [0.25, 0.3) is 0 Å². The Morgan fingerprint density at radius 2 is 2.35 bits per heavy atom. The minimum absolute atomic E-state index is 0.156. The number of nitrogens with zero attached hydrogens (tertiary/aromatic N) is 1. The van der Waals surface area contributed by atoms with Crippen LogP contribution in [0.5, 0.6) is 0 Å². The molecule has 0 amide bonds. The first-order valence-electron chi connectivity index (χ1n) is 5.31. The minimum Gasteiger partial charge on any atom is -0.242 e. The first-order valence-corrected chi connectivity index (χ1v) is 7.65. The number of allylic oxidation sites excluding steroid dienone is 1. The topological polar surface area (TPSA) is 24.9 Å². The van der Waals surface area contributed by atoms with Crippen LogP contribution in [-0.2, 0) is 0 Å². The summed E-state index contributed by atoms with van der Waals surface area (Å²) in [6.07, 6.45) is 5.15. The van der Waals surface area contributed by atoms with Gasteiger partial charge in [-0.05, 0) is 71.2 Å². The third-order valence-corrected chi connectivity index (χ3v) is 3.82. The molecular weight excluding hydrogens is 367 g/mol. The maximum atomic E-state index is 5.78. The molecule has 1 atom stereocenters. The van der Waals surface area contributed by atoms with E-state index in [9.17, 15) is 0 Å². The Bertz CT molecular complexity index is 422. The largest absolute Gasteiger partial charge is 0.242 e. The van der Waals surface area contributed by atoms with Gasteiger partial charge >= 0.3 is 0 Å². The van der Waals surface area contributed by atoms with Gasteiger partial charge in [0.15, 0.2) is 0 Å². The van der Waals surface area contributed by atoms with Crippen LogP contribution in [0, 0.1) is 6.92 Å². The van der Waals surface area contributed by atoms with E-state index in [4.69, 9.17) is 11.8 Å². The molecule has 1 heterocycles. The molecule has 0 radical (unpaired) electrons. The fraction of sp³-hybridized carbons (Fsp3) is 0.417. The van der Waals surface area contributed by atoms with Gasteiger partial charge < -0.3 is 0 Å². The fourth-order valence-corrected chi connectivity index (χ4v) is 2.46. The number of aryl methyl sites for hydroxylation is 1. The van der Waals surface area contributed by atoms with Crippen molar-refractivity contribution < 1.29 is 0 Å². The molecule has 1 N–H and O–H groups in total. The molecular formula is C12H16ClIN2S. The third-order valence-electron chi connectivity index (χ3n) is 2.33. The van der Waals surface area contributed by atoms with Crippen molar-refractivity contribution in [3.05, 3.63) is 31.3 Å². The van der Waals surface area contributed by atoms with Gasteiger partial charge in [0.1, 0.15) is 0 Å². The highest BCUT2D eigenvalue weighted by atomic mass is 127. The van der Waals surface area contributed by atoms with Crippen molar-refractivity contribution in [1.82, 2.24) is 9.82 Å². The lowest BCUT2D eigenvalue weighted by atomic mass is 10.1. The first-order chi connectivity index (χ1) is 8.02. The Morgan fingerprint density at radius 1 is 1.65 bits per heavy atom. The quantitative estimate of drug-likeness (QED) is 0.590. The number of aromatic nitrogens is 1. The highest BCUT2D eigenvalue weighted by molar-refractivity contribution is 14.1. The lowest BCUT2D eigenvalue weighted by Gasteiger charge is -2.13. The van der Waals surface area contributed by atoms with E-state index in [1.54, 1.807) is 11.3 Å². The summed E-state index contributed by atoms with van der Waals surface area (Å²) >= 11 is 9.74. The molecule has 1 rings (SSSR count). The van der Waals surface area contributed by atoms with Crippen LogP contribution in [0.15, 0.2) is 20.6 Å². The summed E-state index contributed by atoms with van der Waals surface area (Å²) in [4.78, 5) is 7.23. The van der Waals surface area contributed by atoms with Crippen LogP contribution in [-0.4, -0.2) is 11.0 Å². The molecule has 94 valence electrons. The van der Waals surface area contributed by atoms with Crippen molar-refractivity contribution in [3.63, 3.8) is 0 Å². The van der Waals surface area contributed by atoms with E-state index >= 15 is 0 Å². The molecule has 0 aromatic carbocycles. The van der Waals surface area contributed by atoms with Gasteiger partial charge in [-0.15, -0.1) is 11.3 Å². The molecule has 0 unspecified atom stereocenters. The normalized spacial score (nSPS) is 15.1. The third kappa shape index (κ3) is 5.50. The van der Waals surface area contributed by atoms with Gasteiger partial charge in [-0.1, -0.05) is 11.6 Å². The van der Waals surface area contributed by atoms with Gasteiger partial charge in [0.05, 0.1) is 10.7 Å². The van der Waals surface area contributed by atoms with E-state index in [1.165, 1.54) is 9.15 Å². The van der Waals surface area contributed by atoms with Gasteiger partial charge in [-0.3, -0.25) is 0 Å². The molecule has 2 nitrogen and oxygen atoms in total. The lowest BCUT2D eigenvalue weighted by molar-refractivity contribution is 0.727. The van der Waals surface area contributed by atoms with Gasteiger partial charge in [-0.2, -0.15) is 0 Å². The van der Waals surface area contributed by atoms with E-state index in [2.05, 4.69) is 63.8 Å². The number of nitrogens with one attached hydrogen (secondary N) is 1. The molecule has 0 bridgehead atoms. The predicted octanol–water partition coefficient (Wildman–Crippen LogP) is 4.70. The molecule has 17 heavy (non-hydrogen) atoms. The second-order valence-electron chi connectivity index (χ2n) is 3.87. The van der Waals surface area contributed by atoms with Gasteiger partial charge in [0.2, 0.25) is 0 Å². The molecule has 0 aliphatic heterocycles. The highest BCUT2D eigenvalue weighted by Gasteiger charge is 2.08. The van der Waals surface area contributed by atoms with Crippen LogP contribution in [0.1, 0.15) is 31.0 Å². The van der Waals surface area contributed by atoms with E-state index in [0.29, 0.717) is 0 Å². The molecule has 1 aromatic rings. The number of hydrogen-bond donors (Lipinski definition) is 1. The molecule has 1 aromatic heterocycles. The van der Waals surface area contributed by atoms with Crippen molar-refractivity contribution in [2.75, 3.05) is 0 Å². The van der Waals surface area contributed by atoms with E-state index < -0.39 is 0 Å². The van der Waals surface area contributed by atoms with Crippen LogP contribution in [0.3, 0.4) is 0 Å². The second-order valence-corrected chi connectivity index (χ2v) is 6.85. The summed E-state index contributed by atoms with van der Waals surface area (Å²) in [6, 6.07) is 0.156. The minimum atomic E-state index is 0.156. The summed E-state index contributed by atoms with van der Waals surface area (Å²) in [7, 11) is 0. The zero-order valence-corrected chi connectivity index (χ0v) is 13.9. The van der Waals surface area contributed by atoms with Crippen molar-refractivity contribution in [2.45, 2.75) is 33.2 Å². The summed E-state index contributed by atoms with van der Waals surface area (Å²) in [5.41, 5.74) is 2.20. The number of rotatable bonds is 5. The molecule has 0 aliphatic rings. The zero-order chi connectivity index (χ0) is 12.8. The zero-order valence-electron chi connectivity index (χ0n) is 10.1. The van der Waals surface area contributed by atoms with E-state index in [1.807, 2.05) is 6.92 Å². The maximum Gasteiger partial charge on any atom is 0.0901 e. The van der Waals surface area contributed by atoms with Gasteiger partial charge in [0, 0.05) is 11.4 Å². The Balaban J connectivity index is 2.74. The first kappa shape index (κ1) is 15.1. The average molecular weight is 383 g/mol. The Morgan fingerprint density at radius 3 is 2.82 bits per heavy atom. The van der Waals surface area contributed by atoms with Crippen LogP contribution in [0.2, 0.25) is 0 Å². The Kier molecular flexibility index (Phi) is 6.69. The average Bonchev–Trinajstić information content (AvgIpc) is 2.64. The van der Waals surface area contributed by atoms with E-state index in [-0.39, 0.29) is 6.04 Å². The summed E-state index contributed by atoms with van der Waals surface area (Å²) in [5, 5.41) is 3.14. The lowest BCUT2D eigenvalue weighted by Crippen LogP contribution is -2.21. The molecule has 0 saturated heterocycles. The Hall–Kier alpha value is 0.0900. The van der Waals surface area contributed by atoms with Crippen molar-refractivity contribution in [1.29, 1.82) is 0 Å². The highest BCUT2D eigenvalue weighted by Crippen LogP contribution is 2.16. The Labute approximate surface area is 125 Å². The molecule has 0 fully saturated rings. The van der Waals surface area contributed by atoms with E-state index in [0.717, 1.165) is 17.1 Å². The summed E-state index contributed by atoms with van der Waals surface area (Å²) < 4.78 is 1.27. The number of halogens is 2. The van der Waals surface area contributed by atoms with Crippen LogP contribution < -0.4 is 4.84 Å². The van der Waals surface area contributed by atoms with Crippen molar-refractivity contribution in [3.8, 4) is 0 Å². The van der Waals surface area contributed by atoms with Crippen LogP contribution >= 0.6 is 45.7 Å². The molecule has 0 spiro atoms. The SMILES string of the molecule is C/C(I)=C/C[C@H](NCl)/C(C)=C/c1csc(C)n1. The van der Waals surface area contributed by atoms with Gasteiger partial charge in [-0.25, -0.2) is 9.82 Å². The molecule has 0 aliphatic carbocycles. The molecule has 5 heteroatoms. The predicted molar refractivity (Wildman–Crippen MR) is 85.7 cm³/mol. The second kappa shape index (κ2) is 7.51. The van der Waals surface area contributed by atoms with Crippen LogP contribution in [0.25, 0.3) is 6.08 Å². The number of thiazole rings is 1. The number of hydrogen-bond acceptors (Lipinski definition) is 3. The standard InChI is InChI=1S/C12H16ClIN2S/c1-8(6-11-7-17-10(3)15-11)12(16-13)5-4-9(2)14/h4,6-7,12,16H,5H2,1-3H3/b8-6+,9-4-/t12-/m0/s1. The van der Waals surface area contributed by atoms with Crippen molar-refractivity contribution in [2.24, 2.45) is 0 Å². The summed E-state index contributed by atoms with van der Waals surface area (Å²) in [6.45, 7) is 6.16.